The quantitative estimate of drug-likeness (QED) is 0.759. The Morgan fingerprint density at radius 2 is 1.73 bits per heavy atom. The number of nitrogens with one attached hydrogen (secondary N) is 2. The Labute approximate surface area is 130 Å². The van der Waals surface area contributed by atoms with Gasteiger partial charge in [-0.15, -0.1) is 0 Å². The van der Waals surface area contributed by atoms with E-state index in [2.05, 4.69) is 10.9 Å². The molecule has 122 valence electrons. The molecule has 0 atom stereocenters. The van der Waals surface area contributed by atoms with Gasteiger partial charge in [-0.1, -0.05) is 26.8 Å². The fraction of sp³-hybridized carbons (Fsp3) is 0.429. The summed E-state index contributed by atoms with van der Waals surface area (Å²) in [5.41, 5.74) is 4.63. The number of benzene rings is 1. The summed E-state index contributed by atoms with van der Waals surface area (Å²) in [6, 6.07) is 5.71. The highest BCUT2D eigenvalue weighted by atomic mass is 32.2. The van der Waals surface area contributed by atoms with Gasteiger partial charge in [0.15, 0.2) is 0 Å². The SMILES string of the molecule is CCC(=O)NNC(=O)c1cccc(S(=O)(=O)N(CC)CC)c1. The number of hydrogen-bond acceptors (Lipinski definition) is 4. The van der Waals surface area contributed by atoms with Crippen LogP contribution in [0.5, 0.6) is 0 Å². The van der Waals surface area contributed by atoms with Crippen molar-refractivity contribution >= 4 is 21.8 Å². The number of hydrogen-bond donors (Lipinski definition) is 2. The van der Waals surface area contributed by atoms with Crippen molar-refractivity contribution in [2.75, 3.05) is 13.1 Å². The molecule has 0 fully saturated rings. The van der Waals surface area contributed by atoms with Gasteiger partial charge < -0.3 is 0 Å². The molecular weight excluding hydrogens is 306 g/mol. The van der Waals surface area contributed by atoms with Crippen molar-refractivity contribution in [1.29, 1.82) is 0 Å². The van der Waals surface area contributed by atoms with Crippen LogP contribution in [0, 0.1) is 0 Å². The number of rotatable bonds is 6. The van der Waals surface area contributed by atoms with E-state index in [1.165, 1.54) is 28.6 Å². The number of sulfonamides is 1. The Kier molecular flexibility index (Phi) is 6.51. The molecule has 0 unspecified atom stereocenters. The van der Waals surface area contributed by atoms with Gasteiger partial charge in [0.05, 0.1) is 4.90 Å². The van der Waals surface area contributed by atoms with Gasteiger partial charge in [0, 0.05) is 25.1 Å². The molecule has 2 N–H and O–H groups in total. The summed E-state index contributed by atoms with van der Waals surface area (Å²) in [5, 5.41) is 0. The van der Waals surface area contributed by atoms with E-state index in [1.54, 1.807) is 20.8 Å². The minimum absolute atomic E-state index is 0.0469. The van der Waals surface area contributed by atoms with E-state index in [-0.39, 0.29) is 22.8 Å². The normalized spacial score (nSPS) is 11.3. The Morgan fingerprint density at radius 1 is 1.09 bits per heavy atom. The lowest BCUT2D eigenvalue weighted by molar-refractivity contribution is -0.121. The van der Waals surface area contributed by atoms with Gasteiger partial charge in [-0.2, -0.15) is 4.31 Å². The molecule has 0 aliphatic heterocycles. The molecule has 0 aliphatic rings. The van der Waals surface area contributed by atoms with Crippen LogP contribution in [0.1, 0.15) is 37.6 Å². The molecule has 22 heavy (non-hydrogen) atoms. The molecule has 0 aromatic heterocycles. The van der Waals surface area contributed by atoms with Crippen molar-refractivity contribution in [2.45, 2.75) is 32.1 Å². The molecule has 1 aromatic rings. The zero-order valence-corrected chi connectivity index (χ0v) is 13.7. The Bertz CT molecular complexity index is 639. The van der Waals surface area contributed by atoms with Gasteiger partial charge in [-0.05, 0) is 18.2 Å². The maximum atomic E-state index is 12.4. The number of hydrazine groups is 1. The molecular formula is C14H21N3O4S. The van der Waals surface area contributed by atoms with Crippen molar-refractivity contribution in [2.24, 2.45) is 0 Å². The summed E-state index contributed by atoms with van der Waals surface area (Å²) in [6.45, 7) is 5.85. The average Bonchev–Trinajstić information content (AvgIpc) is 2.53. The largest absolute Gasteiger partial charge is 0.273 e. The number of nitrogens with zero attached hydrogens (tertiary/aromatic N) is 1. The predicted molar refractivity (Wildman–Crippen MR) is 82.4 cm³/mol. The molecule has 0 saturated carbocycles. The number of amides is 2. The minimum atomic E-state index is -3.63. The van der Waals surface area contributed by atoms with Crippen LogP contribution in [0.4, 0.5) is 0 Å². The summed E-state index contributed by atoms with van der Waals surface area (Å²) in [4.78, 5) is 23.1. The average molecular weight is 327 g/mol. The van der Waals surface area contributed by atoms with E-state index in [0.29, 0.717) is 13.1 Å². The van der Waals surface area contributed by atoms with Gasteiger partial charge in [-0.3, -0.25) is 20.4 Å². The first-order chi connectivity index (χ1) is 10.4. The molecule has 8 heteroatoms. The maximum Gasteiger partial charge on any atom is 0.269 e. The van der Waals surface area contributed by atoms with Crippen LogP contribution in [0.3, 0.4) is 0 Å². The molecule has 2 amide bonds. The molecule has 0 heterocycles. The Balaban J connectivity index is 2.99. The first-order valence-corrected chi connectivity index (χ1v) is 8.50. The van der Waals surface area contributed by atoms with E-state index < -0.39 is 15.9 Å². The van der Waals surface area contributed by atoms with Crippen LogP contribution in [0.15, 0.2) is 29.2 Å². The Morgan fingerprint density at radius 3 is 2.27 bits per heavy atom. The van der Waals surface area contributed by atoms with Crippen LogP contribution in [-0.2, 0) is 14.8 Å². The summed E-state index contributed by atoms with van der Waals surface area (Å²) in [5.74, 6) is -0.904. The third-order valence-electron chi connectivity index (χ3n) is 3.08. The predicted octanol–water partition coefficient (Wildman–Crippen LogP) is 0.888. The van der Waals surface area contributed by atoms with Gasteiger partial charge in [-0.25, -0.2) is 8.42 Å². The lowest BCUT2D eigenvalue weighted by Gasteiger charge is -2.18. The van der Waals surface area contributed by atoms with Crippen molar-refractivity contribution in [3.8, 4) is 0 Å². The number of carbonyl (C=O) groups is 2. The van der Waals surface area contributed by atoms with E-state index in [0.717, 1.165) is 0 Å². The first kappa shape index (κ1) is 18.1. The smallest absolute Gasteiger partial charge is 0.269 e. The molecule has 0 spiro atoms. The monoisotopic (exact) mass is 327 g/mol. The molecule has 0 radical (unpaired) electrons. The van der Waals surface area contributed by atoms with Crippen LogP contribution in [-0.4, -0.2) is 37.6 Å². The molecule has 1 rings (SSSR count). The van der Waals surface area contributed by atoms with Crippen molar-refractivity contribution in [1.82, 2.24) is 15.2 Å². The standard InChI is InChI=1S/C14H21N3O4S/c1-4-13(18)15-16-14(19)11-8-7-9-12(10-11)22(20,21)17(5-2)6-3/h7-10H,4-6H2,1-3H3,(H,15,18)(H,16,19). The van der Waals surface area contributed by atoms with Crippen LogP contribution < -0.4 is 10.9 Å². The van der Waals surface area contributed by atoms with Crippen LogP contribution in [0.25, 0.3) is 0 Å². The maximum absolute atomic E-state index is 12.4. The summed E-state index contributed by atoms with van der Waals surface area (Å²) in [7, 11) is -3.63. The zero-order chi connectivity index (χ0) is 16.8. The highest BCUT2D eigenvalue weighted by Crippen LogP contribution is 2.16. The molecule has 0 aliphatic carbocycles. The van der Waals surface area contributed by atoms with Gasteiger partial charge in [0.2, 0.25) is 15.9 Å². The highest BCUT2D eigenvalue weighted by molar-refractivity contribution is 7.89. The highest BCUT2D eigenvalue weighted by Gasteiger charge is 2.22. The molecule has 0 saturated heterocycles. The first-order valence-electron chi connectivity index (χ1n) is 7.06. The second-order valence-corrected chi connectivity index (χ2v) is 6.41. The summed E-state index contributed by atoms with van der Waals surface area (Å²) < 4.78 is 26.1. The fourth-order valence-corrected chi connectivity index (χ4v) is 3.30. The minimum Gasteiger partial charge on any atom is -0.273 e. The zero-order valence-electron chi connectivity index (χ0n) is 12.9. The van der Waals surface area contributed by atoms with Gasteiger partial charge in [0.25, 0.3) is 5.91 Å². The third-order valence-corrected chi connectivity index (χ3v) is 5.12. The summed E-state index contributed by atoms with van der Waals surface area (Å²) in [6.07, 6.45) is 0.233. The van der Waals surface area contributed by atoms with Gasteiger partial charge in [0.1, 0.15) is 0 Å². The fourth-order valence-electron chi connectivity index (χ4n) is 1.80. The number of carbonyl (C=O) groups excluding carboxylic acids is 2. The second-order valence-electron chi connectivity index (χ2n) is 4.47. The third kappa shape index (κ3) is 4.28. The van der Waals surface area contributed by atoms with Gasteiger partial charge >= 0.3 is 0 Å². The Hall–Kier alpha value is -1.93. The van der Waals surface area contributed by atoms with E-state index in [4.69, 9.17) is 0 Å². The van der Waals surface area contributed by atoms with Crippen molar-refractivity contribution in [3.63, 3.8) is 0 Å². The second kappa shape index (κ2) is 7.90. The van der Waals surface area contributed by atoms with Crippen molar-refractivity contribution in [3.05, 3.63) is 29.8 Å². The molecule has 0 bridgehead atoms. The van der Waals surface area contributed by atoms with E-state index >= 15 is 0 Å². The lowest BCUT2D eigenvalue weighted by atomic mass is 10.2. The topological polar surface area (TPSA) is 95.6 Å². The van der Waals surface area contributed by atoms with E-state index in [1.807, 2.05) is 0 Å². The molecule has 1 aromatic carbocycles. The van der Waals surface area contributed by atoms with Crippen LogP contribution in [0.2, 0.25) is 0 Å². The summed E-state index contributed by atoms with van der Waals surface area (Å²) >= 11 is 0. The van der Waals surface area contributed by atoms with E-state index in [9.17, 15) is 18.0 Å². The lowest BCUT2D eigenvalue weighted by Crippen LogP contribution is -2.41. The van der Waals surface area contributed by atoms with Crippen LogP contribution >= 0.6 is 0 Å². The van der Waals surface area contributed by atoms with Crippen molar-refractivity contribution < 1.29 is 18.0 Å². The molecule has 7 nitrogen and oxygen atoms in total.